The van der Waals surface area contributed by atoms with Gasteiger partial charge in [-0.1, -0.05) is 229 Å². The van der Waals surface area contributed by atoms with Crippen molar-refractivity contribution in [1.29, 1.82) is 0 Å². The van der Waals surface area contributed by atoms with Gasteiger partial charge in [0.2, 0.25) is 0 Å². The van der Waals surface area contributed by atoms with E-state index in [1.807, 2.05) is 0 Å². The molecule has 6 aromatic heterocycles. The largest absolute Gasteiger partial charge is 0.340 e. The minimum absolute atomic E-state index is 0.141. The zero-order valence-corrected chi connectivity index (χ0v) is 52.7. The van der Waals surface area contributed by atoms with Gasteiger partial charge in [-0.25, -0.2) is 9.13 Å². The summed E-state index contributed by atoms with van der Waals surface area (Å²) < 4.78 is 12.4. The summed E-state index contributed by atoms with van der Waals surface area (Å²) in [4.78, 5) is 64.1. The number of hydrogen-bond donors (Lipinski definition) is 0. The SMILES string of the molecule is CCCCCCCCn1c2ccccc2c2c(-n3c(=O)c4cc5c(=O)n(-c6c7c8ccccc8n(CCCCCCCC)c7cc7c8ccccc8n(CCCCCCCC)c67)c(=O)c5cc4c3=O)c3c(cc21)c1ccccc1n3CCCCCCCC. The number of nitrogens with zero attached hydrogens (tertiary/aromatic N) is 6. The van der Waals surface area contributed by atoms with Crippen molar-refractivity contribution in [2.24, 2.45) is 0 Å². The number of aryl methyl sites for hydroxylation is 4. The highest BCUT2D eigenvalue weighted by Crippen LogP contribution is 2.45. The van der Waals surface area contributed by atoms with E-state index in [4.69, 9.17) is 0 Å². The fraction of sp³-hybridized carbons (Fsp3) is 0.410. The van der Waals surface area contributed by atoms with Gasteiger partial charge >= 0.3 is 0 Å². The van der Waals surface area contributed by atoms with Crippen molar-refractivity contribution in [3.8, 4) is 11.4 Å². The second kappa shape index (κ2) is 26.0. The normalized spacial score (nSPS) is 12.4. The van der Waals surface area contributed by atoms with Crippen LogP contribution in [0.25, 0.3) is 120 Å². The molecule has 0 N–H and O–H groups in total. The van der Waals surface area contributed by atoms with E-state index in [9.17, 15) is 0 Å². The second-order valence-corrected chi connectivity index (χ2v) is 25.6. The van der Waals surface area contributed by atoms with Gasteiger partial charge in [0.15, 0.2) is 0 Å². The molecular formula is C78H88N6O4. The highest BCUT2D eigenvalue weighted by Gasteiger charge is 2.31. The monoisotopic (exact) mass is 1170 g/mol. The van der Waals surface area contributed by atoms with Crippen molar-refractivity contribution in [3.63, 3.8) is 0 Å². The smallest absolute Gasteiger partial charge is 0.266 e. The number of benzene rings is 7. The summed E-state index contributed by atoms with van der Waals surface area (Å²) in [6.07, 6.45) is 27.4. The predicted octanol–water partition coefficient (Wildman–Crippen LogP) is 19.8. The van der Waals surface area contributed by atoms with Crippen LogP contribution in [0.2, 0.25) is 0 Å². The molecular weight excluding hydrogens is 1080 g/mol. The molecule has 0 aliphatic rings. The van der Waals surface area contributed by atoms with Gasteiger partial charge in [-0.2, -0.15) is 0 Å². The number of fused-ring (bicyclic) bond motifs is 14. The molecule has 0 fully saturated rings. The fourth-order valence-electron chi connectivity index (χ4n) is 15.4. The summed E-state index contributed by atoms with van der Waals surface area (Å²) in [5.74, 6) is 0. The van der Waals surface area contributed by atoms with Crippen LogP contribution in [0.1, 0.15) is 182 Å². The van der Waals surface area contributed by atoms with Crippen LogP contribution in [0.3, 0.4) is 0 Å². The highest BCUT2D eigenvalue weighted by atomic mass is 16.2. The lowest BCUT2D eigenvalue weighted by Crippen LogP contribution is -2.25. The first kappa shape index (κ1) is 59.0. The highest BCUT2D eigenvalue weighted by molar-refractivity contribution is 6.25. The first-order valence-corrected chi connectivity index (χ1v) is 34.2. The molecule has 10 nitrogen and oxygen atoms in total. The fourth-order valence-corrected chi connectivity index (χ4v) is 15.4. The molecule has 0 spiro atoms. The van der Waals surface area contributed by atoms with Crippen LogP contribution >= 0.6 is 0 Å². The van der Waals surface area contributed by atoms with Crippen LogP contribution in [0.4, 0.5) is 0 Å². The summed E-state index contributed by atoms with van der Waals surface area (Å²) in [6, 6.07) is 41.8. The van der Waals surface area contributed by atoms with Crippen LogP contribution in [0, 0.1) is 0 Å². The summed E-state index contributed by atoms with van der Waals surface area (Å²) in [7, 11) is 0. The van der Waals surface area contributed by atoms with Crippen LogP contribution in [-0.4, -0.2) is 27.4 Å². The topological polar surface area (TPSA) is 97.9 Å². The molecule has 6 heterocycles. The second-order valence-electron chi connectivity index (χ2n) is 25.6. The average Bonchev–Trinajstić information content (AvgIpc) is 1.56. The molecule has 13 rings (SSSR count). The van der Waals surface area contributed by atoms with Crippen LogP contribution in [0.5, 0.6) is 0 Å². The molecule has 0 aliphatic heterocycles. The lowest BCUT2D eigenvalue weighted by atomic mass is 10.1. The van der Waals surface area contributed by atoms with Crippen LogP contribution < -0.4 is 22.2 Å². The number of rotatable bonds is 30. The molecule has 0 atom stereocenters. The van der Waals surface area contributed by atoms with Gasteiger partial charge in [0.1, 0.15) is 0 Å². The molecule has 0 amide bonds. The van der Waals surface area contributed by atoms with E-state index < -0.39 is 22.2 Å². The maximum absolute atomic E-state index is 16.0. The molecule has 0 unspecified atom stereocenters. The van der Waals surface area contributed by atoms with E-state index >= 15 is 19.2 Å². The third-order valence-electron chi connectivity index (χ3n) is 19.8. The number of hydrogen-bond acceptors (Lipinski definition) is 4. The lowest BCUT2D eigenvalue weighted by Gasteiger charge is -2.14. The van der Waals surface area contributed by atoms with Crippen molar-refractivity contribution < 1.29 is 0 Å². The van der Waals surface area contributed by atoms with Crippen LogP contribution in [0.15, 0.2) is 141 Å². The van der Waals surface area contributed by atoms with Gasteiger partial charge in [0.05, 0.1) is 55.0 Å². The number of para-hydroxylation sites is 4. The summed E-state index contributed by atoms with van der Waals surface area (Å²) in [5.41, 5.74) is 7.17. The Balaban J connectivity index is 1.05. The van der Waals surface area contributed by atoms with Crippen molar-refractivity contribution >= 4 is 109 Å². The molecule has 454 valence electrons. The van der Waals surface area contributed by atoms with Crippen molar-refractivity contribution in [2.75, 3.05) is 0 Å². The third-order valence-corrected chi connectivity index (χ3v) is 19.8. The van der Waals surface area contributed by atoms with Crippen molar-refractivity contribution in [2.45, 2.75) is 208 Å². The van der Waals surface area contributed by atoms with Gasteiger partial charge in [-0.15, -0.1) is 0 Å². The van der Waals surface area contributed by atoms with Gasteiger partial charge in [0, 0.05) is 91.3 Å². The minimum Gasteiger partial charge on any atom is -0.340 e. The summed E-state index contributed by atoms with van der Waals surface area (Å²) in [5, 5.41) is 8.42. The zero-order valence-electron chi connectivity index (χ0n) is 52.7. The third kappa shape index (κ3) is 10.3. The molecule has 0 saturated heterocycles. The van der Waals surface area contributed by atoms with Crippen LogP contribution in [-0.2, 0) is 26.2 Å². The first-order chi connectivity index (χ1) is 43.3. The predicted molar refractivity (Wildman–Crippen MR) is 373 cm³/mol. The van der Waals surface area contributed by atoms with E-state index in [0.29, 0.717) is 11.4 Å². The first-order valence-electron chi connectivity index (χ1n) is 34.2. The molecule has 10 heteroatoms. The maximum atomic E-state index is 16.0. The quantitative estimate of drug-likeness (QED) is 0.0419. The Morgan fingerprint density at radius 2 is 0.511 bits per heavy atom. The Morgan fingerprint density at radius 3 is 0.830 bits per heavy atom. The molecule has 7 aromatic carbocycles. The Kier molecular flexibility index (Phi) is 17.4. The average molecular weight is 1170 g/mol. The zero-order chi connectivity index (χ0) is 60.4. The molecule has 0 saturated carbocycles. The van der Waals surface area contributed by atoms with Gasteiger partial charge in [0.25, 0.3) is 22.2 Å². The maximum Gasteiger partial charge on any atom is 0.266 e. The molecule has 0 radical (unpaired) electrons. The van der Waals surface area contributed by atoms with Gasteiger partial charge in [-0.3, -0.25) is 19.2 Å². The minimum atomic E-state index is -0.485. The molecule has 0 aliphatic carbocycles. The van der Waals surface area contributed by atoms with E-state index in [1.54, 1.807) is 12.1 Å². The number of aromatic nitrogens is 6. The summed E-state index contributed by atoms with van der Waals surface area (Å²) in [6.45, 7) is 12.0. The Hall–Kier alpha value is -7.98. The van der Waals surface area contributed by atoms with E-state index in [2.05, 4.69) is 155 Å². The van der Waals surface area contributed by atoms with Gasteiger partial charge in [-0.05, 0) is 74.2 Å². The standard InChI is InChI=1S/C78H88N6O4/c1-5-9-13-17-21-33-45-79-65-43-31-27-39-55(65)69-67(79)51-57-53-37-25-29-41-63(53)81(47-35-23-19-15-11-7-3)71(57)73(69)83-75(85)59-49-61-62(50-60(59)76(83)86)78(88)84(77(61)87)74-70-56-40-28-32-44-66(56)80(46-34-22-18-14-10-6-2)68(70)52-58-54-38-26-30-42-64(54)82(72(58)74)48-36-24-20-16-12-8-4/h25-32,37-44,49-52H,5-24,33-36,45-48H2,1-4H3. The number of unbranched alkanes of at least 4 members (excludes halogenated alkanes) is 20. The Bertz CT molecular complexity index is 4530. The van der Waals surface area contributed by atoms with Gasteiger partial charge < -0.3 is 18.3 Å². The van der Waals surface area contributed by atoms with E-state index in [0.717, 1.165) is 178 Å². The summed E-state index contributed by atoms with van der Waals surface area (Å²) >= 11 is 0. The van der Waals surface area contributed by atoms with Crippen molar-refractivity contribution in [1.82, 2.24) is 27.4 Å². The van der Waals surface area contributed by atoms with E-state index in [-0.39, 0.29) is 21.5 Å². The molecule has 88 heavy (non-hydrogen) atoms. The molecule has 13 aromatic rings. The Labute approximate surface area is 515 Å². The lowest BCUT2D eigenvalue weighted by molar-refractivity contribution is 0.570. The molecule has 0 bridgehead atoms. The Morgan fingerprint density at radius 1 is 0.250 bits per heavy atom. The van der Waals surface area contributed by atoms with Crippen molar-refractivity contribution in [3.05, 3.63) is 163 Å². The van der Waals surface area contributed by atoms with E-state index in [1.165, 1.54) is 99.0 Å².